The highest BCUT2D eigenvalue weighted by Crippen LogP contribution is 2.53. The molecular weight excluding hydrogens is 1900 g/mol. The molecule has 1 fully saturated rings. The van der Waals surface area contributed by atoms with Gasteiger partial charge in [0.05, 0.1) is 160 Å². The summed E-state index contributed by atoms with van der Waals surface area (Å²) >= 11 is 0. The van der Waals surface area contributed by atoms with E-state index in [1.807, 2.05) is 0 Å². The maximum absolute atomic E-state index is 17.2. The summed E-state index contributed by atoms with van der Waals surface area (Å²) in [5.74, 6) is -206. The normalized spacial score (nSPS) is 28.1. The summed E-state index contributed by atoms with van der Waals surface area (Å²) in [5, 5.41) is 284. The Bertz CT molecular complexity index is 5220. The van der Waals surface area contributed by atoms with Crippen LogP contribution in [0.15, 0.2) is 121 Å². The lowest BCUT2D eigenvalue weighted by Crippen LogP contribution is -2.59. The number of rotatable bonds is 37. The van der Waals surface area contributed by atoms with Crippen LogP contribution in [0.5, 0.6) is 0 Å². The summed E-state index contributed by atoms with van der Waals surface area (Å²) in [6, 6.07) is 29.9. The summed E-state index contributed by atoms with van der Waals surface area (Å²) in [6.07, 6.45) is -7.01. The number of benzene rings is 4. The van der Waals surface area contributed by atoms with E-state index >= 15 is 14.4 Å². The molecule has 0 aliphatic heterocycles. The average molecular weight is 1990 g/mol. The van der Waals surface area contributed by atoms with E-state index in [9.17, 15) is 238 Å². The van der Waals surface area contributed by atoms with Crippen LogP contribution in [0.3, 0.4) is 0 Å². The Morgan fingerprint density at radius 2 is 0.348 bits per heavy atom. The fourth-order valence-corrected chi connectivity index (χ4v) is 23.2. The van der Waals surface area contributed by atoms with E-state index in [1.165, 1.54) is 121 Å². The number of carbonyl (C=O) groups is 26. The molecule has 138 heavy (non-hydrogen) atoms. The van der Waals surface area contributed by atoms with Gasteiger partial charge >= 0.3 is 149 Å². The first-order valence-electron chi connectivity index (χ1n) is 39.6. The van der Waals surface area contributed by atoms with Crippen molar-refractivity contribution in [2.75, 3.05) is 32.5 Å². The highest BCUT2D eigenvalue weighted by molar-refractivity contribution is 7.73. The summed E-state index contributed by atoms with van der Waals surface area (Å²) in [5.41, 5.74) is 0. The third-order valence-corrected chi connectivity index (χ3v) is 29.1. The number of methoxy groups -OCH3 is 1. The van der Waals surface area contributed by atoms with Gasteiger partial charge in [0.1, 0.15) is 0 Å². The molecular formula is C83H85NO52P2. The van der Waals surface area contributed by atoms with E-state index in [1.54, 1.807) is 0 Å². The van der Waals surface area contributed by atoms with Crippen molar-refractivity contribution in [3.63, 3.8) is 0 Å². The largest absolute Gasteiger partial charge is 0.481 e. The van der Waals surface area contributed by atoms with E-state index in [0.29, 0.717) is 26.1 Å². The van der Waals surface area contributed by atoms with Gasteiger partial charge in [-0.3, -0.25) is 125 Å². The van der Waals surface area contributed by atoms with E-state index in [0.717, 1.165) is 0 Å². The topological polar surface area (TPSA) is 962 Å². The van der Waals surface area contributed by atoms with Crippen LogP contribution in [-0.4, -0.2) is 326 Å². The Balaban J connectivity index is 2.34. The summed E-state index contributed by atoms with van der Waals surface area (Å²) in [6.45, 7) is -2.01. The van der Waals surface area contributed by atoms with E-state index in [4.69, 9.17) is 4.74 Å². The Kier molecular flexibility index (Phi) is 39.3. The fraction of sp³-hybridized carbons (Fsp3) is 0.398. The minimum Gasteiger partial charge on any atom is -0.481 e. The van der Waals surface area contributed by atoms with Crippen molar-refractivity contribution in [3.05, 3.63) is 121 Å². The molecule has 0 aromatic heterocycles. The first-order valence-corrected chi connectivity index (χ1v) is 42.6. The molecule has 0 spiro atoms. The van der Waals surface area contributed by atoms with Crippen LogP contribution in [0.4, 0.5) is 0 Å². The number of carbonyl (C=O) groups excluding carboxylic acids is 1. The molecule has 1 saturated carbocycles. The number of nitrogens with zero attached hydrogens (tertiary/aromatic N) is 1. The van der Waals surface area contributed by atoms with Gasteiger partial charge in [-0.05, 0) is 55.8 Å². The van der Waals surface area contributed by atoms with Crippen molar-refractivity contribution < 1.29 is 257 Å². The minimum atomic E-state index is -4.72. The van der Waals surface area contributed by atoms with Gasteiger partial charge in [-0.25, -0.2) is 0 Å². The Morgan fingerprint density at radius 1 is 0.210 bits per heavy atom. The molecule has 1 aliphatic carbocycles. The zero-order valence-electron chi connectivity index (χ0n) is 70.2. The van der Waals surface area contributed by atoms with Crippen molar-refractivity contribution >= 4 is 192 Å². The van der Waals surface area contributed by atoms with Crippen LogP contribution in [0.1, 0.15) is 6.42 Å². The molecule has 0 saturated heterocycles. The predicted octanol–water partition coefficient (Wildman–Crippen LogP) is -2.36. The van der Waals surface area contributed by atoms with Crippen LogP contribution in [0.25, 0.3) is 0 Å². The number of hydrogen-bond donors (Lipinski definition) is 25. The SMILES string of the molecule is COC1CC(C(=O)O)C(C(=O)O)C(C(=O)O)C(C(=O)O)C(C(=O)O)C(C(=O)O)C(C(=O)O)C(C(=O)O)C(C(=O)O)C(C(=O)O)C(C(=O)O)C(C(=O)O)C(C(=O)O)C(C(=O)O)C(C(=O)O)C(C(=O)O)C(C(=O)O)C(C(=O)O)C(C(=O)O)C(C(=O)O)C(C(=O)O)C(C(=O)O)C(C(=O)O)C(C(=O)O)C(C(=O)N(CCP(c2ccccc2)c2ccccc2)CCP(c2ccccc2)c2ccccc2)C1C(=O)O. The molecule has 4 aromatic carbocycles. The Hall–Kier alpha value is -16.1. The second-order valence-electron chi connectivity index (χ2n) is 31.2. The zero-order valence-corrected chi connectivity index (χ0v) is 72.0. The van der Waals surface area contributed by atoms with Crippen LogP contribution in [-0.2, 0) is 129 Å². The molecule has 25 N–H and O–H groups in total. The van der Waals surface area contributed by atoms with Gasteiger partial charge in [0.25, 0.3) is 0 Å². The Labute approximate surface area is 771 Å². The van der Waals surface area contributed by atoms with E-state index < -0.39 is 363 Å². The molecule has 5 rings (SSSR count). The molecule has 27 unspecified atom stereocenters. The van der Waals surface area contributed by atoms with Crippen LogP contribution >= 0.6 is 15.8 Å². The molecule has 27 atom stereocenters. The lowest BCUT2D eigenvalue weighted by Gasteiger charge is -2.42. The summed E-state index contributed by atoms with van der Waals surface area (Å²) < 4.78 is 5.41. The lowest BCUT2D eigenvalue weighted by molar-refractivity contribution is -0.190. The van der Waals surface area contributed by atoms with Gasteiger partial charge in [-0.2, -0.15) is 0 Å². The number of carboxylic acid groups (broad SMARTS) is 25. The second kappa shape index (κ2) is 48.2. The van der Waals surface area contributed by atoms with Gasteiger partial charge in [0.15, 0.2) is 0 Å². The van der Waals surface area contributed by atoms with Gasteiger partial charge in [-0.15, -0.1) is 0 Å². The highest BCUT2D eigenvalue weighted by Gasteiger charge is 2.69. The molecule has 744 valence electrons. The standard InChI is InChI=1S/C83H85NO52P2/c1-136-32-26-31(59(86)87)33(60(88)89)36(62(92)93)38(64(96)97)40(66(100)101)42(68(104)105)44(70(108)109)46(72(112)113)48(74(116)117)50(76(120)121)52(78(124)125)54(80(128)129)56(82(132)133)57(83(134)135)55(81(130)131)53(79(126)127)51(77(122)123)49(75(118)119)47(73(114)115)45(71(110)111)43(69(106)107)41(67(102)103)39(65(98)99)37(63(94)95)35(34(32)61(90)91)58(85)84(22-24-137(27-14-6-2-7-15-27)28-16-8-3-9-17-28)23-25-138(29-18-10-4-11-19-29)30-20-12-5-13-21-30/h2-21,31-57H,22-26H2,1H3,(H,86,87)(H,88,89)(H,90,91)(H,92,93)(H,94,95)(H,96,97)(H,98,99)(H,100,101)(H,102,103)(H,104,105)(H,106,107)(H,108,109)(H,110,111)(H,112,113)(H,114,115)(H,116,117)(H,118,119)(H,120,121)(H,122,123)(H,124,125)(H,126,127)(H,128,129)(H,130,131)(H,132,133)(H,134,135). The molecule has 4 aromatic rings. The smallest absolute Gasteiger partial charge is 0.309 e. The average Bonchev–Trinajstić information content (AvgIpc) is 0.742. The number of carboxylic acids is 25. The van der Waals surface area contributed by atoms with Crippen LogP contribution < -0.4 is 21.2 Å². The molecule has 0 bridgehead atoms. The quantitative estimate of drug-likeness (QED) is 0.0210. The molecule has 1 amide bonds. The second-order valence-corrected chi connectivity index (χ2v) is 35.9. The number of amides is 1. The van der Waals surface area contributed by atoms with Gasteiger partial charge in [-0.1, -0.05) is 121 Å². The lowest BCUT2D eigenvalue weighted by atomic mass is 9.57. The number of aliphatic carboxylic acids is 25. The van der Waals surface area contributed by atoms with E-state index in [2.05, 4.69) is 0 Å². The van der Waals surface area contributed by atoms with Crippen LogP contribution in [0, 0.1) is 154 Å². The highest BCUT2D eigenvalue weighted by atomic mass is 31.1. The zero-order chi connectivity index (χ0) is 105. The summed E-state index contributed by atoms with van der Waals surface area (Å²) in [7, 11) is -3.92. The van der Waals surface area contributed by atoms with Crippen molar-refractivity contribution in [3.8, 4) is 0 Å². The van der Waals surface area contributed by atoms with Crippen molar-refractivity contribution in [1.82, 2.24) is 4.90 Å². The maximum Gasteiger partial charge on any atom is 0.309 e. The fourth-order valence-electron chi connectivity index (χ4n) is 18.6. The molecule has 53 nitrogen and oxygen atoms in total. The first-order chi connectivity index (χ1) is 64.3. The van der Waals surface area contributed by atoms with Crippen molar-refractivity contribution in [2.45, 2.75) is 12.5 Å². The first kappa shape index (κ1) is 112. The summed E-state index contributed by atoms with van der Waals surface area (Å²) in [4.78, 5) is 374. The van der Waals surface area contributed by atoms with Gasteiger partial charge in [0.2, 0.25) is 5.91 Å². The molecule has 0 heterocycles. The predicted molar refractivity (Wildman–Crippen MR) is 442 cm³/mol. The third-order valence-electron chi connectivity index (χ3n) is 24.1. The number of hydrogen-bond acceptors (Lipinski definition) is 27. The third kappa shape index (κ3) is 25.1. The minimum absolute atomic E-state index is 0.159. The monoisotopic (exact) mass is 1990 g/mol. The molecule has 0 radical (unpaired) electrons. The Morgan fingerprint density at radius 3 is 0.478 bits per heavy atom. The molecule has 55 heteroatoms. The van der Waals surface area contributed by atoms with E-state index in [-0.39, 0.29) is 7.11 Å². The van der Waals surface area contributed by atoms with Crippen LogP contribution in [0.2, 0.25) is 0 Å². The molecule has 1 aliphatic rings. The van der Waals surface area contributed by atoms with Crippen molar-refractivity contribution in [2.24, 2.45) is 154 Å². The van der Waals surface area contributed by atoms with Gasteiger partial charge < -0.3 is 137 Å². The number of ether oxygens (including phenoxy) is 1. The van der Waals surface area contributed by atoms with Gasteiger partial charge in [0, 0.05) is 20.2 Å². The maximum atomic E-state index is 17.2. The van der Waals surface area contributed by atoms with Crippen molar-refractivity contribution in [1.29, 1.82) is 0 Å².